The highest BCUT2D eigenvalue weighted by atomic mass is 17.2. The average molecular weight is 849 g/mol. The van der Waals surface area contributed by atoms with Crippen LogP contribution in [0.1, 0.15) is 72.9 Å². The summed E-state index contributed by atoms with van der Waals surface area (Å²) >= 11 is 0. The molecule has 4 fully saturated rings. The molecule has 2 atom stereocenters. The number of aryl methyl sites for hydroxylation is 3. The molecule has 328 valence electrons. The van der Waals surface area contributed by atoms with Gasteiger partial charge in [-0.25, -0.2) is 34.4 Å². The molecule has 8 rings (SSSR count). The van der Waals surface area contributed by atoms with Crippen molar-refractivity contribution in [3.05, 3.63) is 59.5 Å². The van der Waals surface area contributed by atoms with Crippen molar-refractivity contribution in [1.29, 1.82) is 0 Å². The van der Waals surface area contributed by atoms with Crippen molar-refractivity contribution in [3.8, 4) is 22.8 Å². The second-order valence-electron chi connectivity index (χ2n) is 17.2. The van der Waals surface area contributed by atoms with Crippen molar-refractivity contribution in [1.82, 2.24) is 49.3 Å². The van der Waals surface area contributed by atoms with Gasteiger partial charge < -0.3 is 19.6 Å². The molecule has 6 heterocycles. The van der Waals surface area contributed by atoms with Gasteiger partial charge in [0.05, 0.1) is 42.4 Å². The lowest BCUT2D eigenvalue weighted by Crippen LogP contribution is -2.54. The van der Waals surface area contributed by atoms with E-state index in [2.05, 4.69) is 68.3 Å². The molecule has 62 heavy (non-hydrogen) atoms. The van der Waals surface area contributed by atoms with Crippen molar-refractivity contribution in [3.63, 3.8) is 0 Å². The molecule has 0 N–H and O–H groups in total. The third-order valence-corrected chi connectivity index (χ3v) is 10.6. The second-order valence-corrected chi connectivity index (χ2v) is 17.2. The molecule has 2 unspecified atom stereocenters. The zero-order valence-electron chi connectivity index (χ0n) is 37.1. The smallest absolute Gasteiger partial charge is 0.339 e. The molecule has 2 amide bonds. The normalized spacial score (nSPS) is 18.7. The molecule has 4 aliphatic rings. The van der Waals surface area contributed by atoms with Gasteiger partial charge in [-0.05, 0) is 67.2 Å². The molecule has 0 aromatic carbocycles. The molecular formula is C43H56N14O5. The zero-order valence-corrected chi connectivity index (χ0v) is 37.1. The summed E-state index contributed by atoms with van der Waals surface area (Å²) in [5.41, 5.74) is 2.82. The fourth-order valence-electron chi connectivity index (χ4n) is 7.19. The summed E-state index contributed by atoms with van der Waals surface area (Å²) in [6.07, 6.45) is 12.8. The van der Waals surface area contributed by atoms with Gasteiger partial charge >= 0.3 is 5.97 Å². The summed E-state index contributed by atoms with van der Waals surface area (Å²) in [5, 5.41) is 8.35. The molecule has 4 aromatic rings. The molecule has 4 aromatic heterocycles. The van der Waals surface area contributed by atoms with Gasteiger partial charge in [0, 0.05) is 103 Å². The summed E-state index contributed by atoms with van der Waals surface area (Å²) in [6, 6.07) is 0.204. The van der Waals surface area contributed by atoms with Crippen LogP contribution in [0, 0.1) is 31.9 Å². The van der Waals surface area contributed by atoms with Gasteiger partial charge in [0.15, 0.2) is 11.6 Å². The van der Waals surface area contributed by atoms with E-state index in [0.717, 1.165) is 36.8 Å². The maximum absolute atomic E-state index is 12.5. The van der Waals surface area contributed by atoms with E-state index in [4.69, 9.17) is 18.1 Å². The summed E-state index contributed by atoms with van der Waals surface area (Å²) < 4.78 is 3.41. The maximum Gasteiger partial charge on any atom is 0.339 e. The van der Waals surface area contributed by atoms with Crippen molar-refractivity contribution in [2.24, 2.45) is 25.9 Å². The fraction of sp³-hybridized carbons (Fsp3) is 0.558. The van der Waals surface area contributed by atoms with Crippen molar-refractivity contribution >= 4 is 40.8 Å². The summed E-state index contributed by atoms with van der Waals surface area (Å²) in [5.74, 6) is 3.03. The maximum atomic E-state index is 12.5. The SMILES string of the molecule is CC(=O)OOC(C)(C)C.[C-]#[N+]c1c(C)nc(-c2cnn(C)c2)nc1N1CCN(C(=O)C2CC2)C(C)C1.[C-]#[N+]c1cnc(-c2cnn(C)c2)nc1N1CCN(C(=O)C2CC2)C(C)C1. The van der Waals surface area contributed by atoms with E-state index in [1.807, 2.05) is 43.2 Å². The molecule has 2 aliphatic carbocycles. The van der Waals surface area contributed by atoms with Gasteiger partial charge in [0.1, 0.15) is 17.2 Å². The summed E-state index contributed by atoms with van der Waals surface area (Å²) in [7, 11) is 3.69. The standard InChI is InChI=1S/C19H23N7O.C18H21N7O.C6H12O3/c1-12-10-25(7-8-26(12)19(27)14-5-6-14)18-16(20-3)13(2)22-17(23-18)15-9-21-24(4)11-15;1-12-10-24(6-7-25(12)18(26)13-4-5-13)17-15(19-2)9-20-16(22-17)14-8-21-23(3)11-14;1-5(7)8-9-6(2,3)4/h9,11-12,14H,5-8,10H2,1-2,4H3;8-9,11-13H,4-7,10H2,1,3H3;1-4H3. The number of amides is 2. The number of piperazine rings is 2. The van der Waals surface area contributed by atoms with Gasteiger partial charge in [0.2, 0.25) is 23.2 Å². The van der Waals surface area contributed by atoms with Crippen LogP contribution in [-0.2, 0) is 38.3 Å². The summed E-state index contributed by atoms with van der Waals surface area (Å²) in [6.45, 7) is 31.7. The van der Waals surface area contributed by atoms with E-state index in [-0.39, 0.29) is 35.7 Å². The Hall–Kier alpha value is -6.47. The number of aromatic nitrogens is 8. The van der Waals surface area contributed by atoms with Crippen molar-refractivity contribution in [2.75, 3.05) is 49.1 Å². The first kappa shape index (κ1) is 45.1. The minimum atomic E-state index is -0.426. The van der Waals surface area contributed by atoms with E-state index in [9.17, 15) is 14.4 Å². The van der Waals surface area contributed by atoms with E-state index in [1.165, 1.54) is 6.92 Å². The molecule has 2 saturated carbocycles. The van der Waals surface area contributed by atoms with E-state index in [1.54, 1.807) is 48.7 Å². The highest BCUT2D eigenvalue weighted by Crippen LogP contribution is 2.37. The van der Waals surface area contributed by atoms with Crippen LogP contribution in [0.25, 0.3) is 32.5 Å². The molecular weight excluding hydrogens is 793 g/mol. The molecule has 2 aliphatic heterocycles. The van der Waals surface area contributed by atoms with Crippen LogP contribution in [0.2, 0.25) is 0 Å². The predicted octanol–water partition coefficient (Wildman–Crippen LogP) is 5.34. The number of hydrogen-bond donors (Lipinski definition) is 0. The molecule has 19 heteroatoms. The van der Waals surface area contributed by atoms with Crippen LogP contribution in [0.4, 0.5) is 23.0 Å². The lowest BCUT2D eigenvalue weighted by Gasteiger charge is -2.41. The van der Waals surface area contributed by atoms with E-state index < -0.39 is 11.6 Å². The molecule has 19 nitrogen and oxygen atoms in total. The minimum Gasteiger partial charge on any atom is -0.361 e. The predicted molar refractivity (Wildman–Crippen MR) is 231 cm³/mol. The Labute approximate surface area is 362 Å². The molecule has 0 radical (unpaired) electrons. The van der Waals surface area contributed by atoms with Gasteiger partial charge in [-0.15, -0.1) is 0 Å². The number of anilines is 2. The Morgan fingerprint density at radius 2 is 1.23 bits per heavy atom. The van der Waals surface area contributed by atoms with Crippen LogP contribution >= 0.6 is 0 Å². The number of hydrogen-bond acceptors (Lipinski definition) is 13. The van der Waals surface area contributed by atoms with Crippen LogP contribution in [-0.4, -0.2) is 124 Å². The Morgan fingerprint density at radius 3 is 1.63 bits per heavy atom. The largest absolute Gasteiger partial charge is 0.361 e. The first-order chi connectivity index (χ1) is 29.5. The van der Waals surface area contributed by atoms with Gasteiger partial charge in [-0.2, -0.15) is 15.1 Å². The average Bonchev–Trinajstić information content (AvgIpc) is 4.18. The first-order valence-corrected chi connectivity index (χ1v) is 20.9. The third-order valence-electron chi connectivity index (χ3n) is 10.6. The van der Waals surface area contributed by atoms with E-state index in [0.29, 0.717) is 79.6 Å². The second kappa shape index (κ2) is 19.1. The topological polar surface area (TPSA) is 179 Å². The van der Waals surface area contributed by atoms with Crippen LogP contribution in [0.5, 0.6) is 0 Å². The van der Waals surface area contributed by atoms with Crippen LogP contribution in [0.15, 0.2) is 31.0 Å². The first-order valence-electron chi connectivity index (χ1n) is 20.9. The van der Waals surface area contributed by atoms with Crippen molar-refractivity contribution < 1.29 is 24.2 Å². The Bertz CT molecular complexity index is 2350. The molecule has 0 spiro atoms. The Balaban J connectivity index is 0.000000174. The van der Waals surface area contributed by atoms with Gasteiger partial charge in [-0.3, -0.25) is 23.8 Å². The Morgan fingerprint density at radius 1 is 0.726 bits per heavy atom. The van der Waals surface area contributed by atoms with Crippen molar-refractivity contribution in [2.45, 2.75) is 91.8 Å². The Kier molecular flexibility index (Phi) is 13.9. The van der Waals surface area contributed by atoms with Crippen LogP contribution in [0.3, 0.4) is 0 Å². The molecule has 0 bridgehead atoms. The number of nitrogens with zero attached hydrogens (tertiary/aromatic N) is 14. The summed E-state index contributed by atoms with van der Waals surface area (Å²) in [4.78, 5) is 77.5. The number of rotatable bonds is 7. The molecule has 2 saturated heterocycles. The monoisotopic (exact) mass is 848 g/mol. The highest BCUT2D eigenvalue weighted by Gasteiger charge is 2.39. The third kappa shape index (κ3) is 11.3. The minimum absolute atomic E-state index is 0.0996. The van der Waals surface area contributed by atoms with Crippen LogP contribution < -0.4 is 9.80 Å². The van der Waals surface area contributed by atoms with Gasteiger partial charge in [-0.1, -0.05) is 0 Å². The lowest BCUT2D eigenvalue weighted by atomic mass is 10.1. The van der Waals surface area contributed by atoms with E-state index >= 15 is 0 Å². The quantitative estimate of drug-likeness (QED) is 0.132. The highest BCUT2D eigenvalue weighted by molar-refractivity contribution is 5.82. The number of carbonyl (C=O) groups is 3. The van der Waals surface area contributed by atoms with Gasteiger partial charge in [0.25, 0.3) is 0 Å². The zero-order chi connectivity index (χ0) is 44.9. The number of carbonyl (C=O) groups excluding carboxylic acids is 3. The lowest BCUT2D eigenvalue weighted by molar-refractivity contribution is -0.318. The fourth-order valence-corrected chi connectivity index (χ4v) is 7.19.